The first-order chi connectivity index (χ1) is 27.8. The number of carbonyl (C=O) groups is 2. The van der Waals surface area contributed by atoms with Gasteiger partial charge in [0.05, 0.1) is 11.4 Å². The molecule has 0 spiro atoms. The minimum Gasteiger partial charge on any atom is -0.355 e. The Bertz CT molecular complexity index is 2170. The van der Waals surface area contributed by atoms with Crippen molar-refractivity contribution in [2.24, 2.45) is 0 Å². The number of carbonyl (C=O) groups excluding carboxylic acids is 2. The maximum Gasteiger partial charge on any atom is 0.222 e. The van der Waals surface area contributed by atoms with Crippen LogP contribution < -0.4 is 5.32 Å². The van der Waals surface area contributed by atoms with Crippen LogP contribution in [-0.2, 0) is 9.59 Å². The number of amides is 2. The second kappa shape index (κ2) is 20.3. The zero-order valence-electron chi connectivity index (χ0n) is 36.8. The zero-order chi connectivity index (χ0) is 42.1. The molecule has 10 nitrogen and oxygen atoms in total. The molecule has 0 saturated heterocycles. The van der Waals surface area contributed by atoms with E-state index in [0.29, 0.717) is 38.8 Å². The number of fused-ring (bicyclic) bond motifs is 8. The van der Waals surface area contributed by atoms with E-state index in [1.165, 1.54) is 12.8 Å². The van der Waals surface area contributed by atoms with Crippen LogP contribution >= 0.6 is 0 Å². The van der Waals surface area contributed by atoms with Crippen LogP contribution in [0.3, 0.4) is 0 Å². The van der Waals surface area contributed by atoms with Crippen molar-refractivity contribution in [2.75, 3.05) is 61.4 Å². The molecule has 8 bridgehead atoms. The first-order valence-corrected chi connectivity index (χ1v) is 21.3. The van der Waals surface area contributed by atoms with E-state index in [0.717, 1.165) is 111 Å². The Hall–Kier alpha value is -4.80. The van der Waals surface area contributed by atoms with Crippen molar-refractivity contribution in [3.63, 3.8) is 0 Å². The Kier molecular flexibility index (Phi) is 15.5. The van der Waals surface area contributed by atoms with Gasteiger partial charge in [0, 0.05) is 102 Å². The van der Waals surface area contributed by atoms with Crippen molar-refractivity contribution in [1.29, 1.82) is 0 Å². The highest BCUT2D eigenvalue weighted by Crippen LogP contribution is 2.44. The molecule has 5 heterocycles. The molecule has 0 fully saturated rings. The van der Waals surface area contributed by atoms with Gasteiger partial charge in [0.1, 0.15) is 0 Å². The Morgan fingerprint density at radius 1 is 0.724 bits per heavy atom. The normalized spacial score (nSPS) is 15.4. The number of likely N-dealkylation sites (N-methyl/N-ethyl adjacent to an activating group) is 3. The van der Waals surface area contributed by atoms with Gasteiger partial charge in [-0.25, -0.2) is 4.98 Å². The molecule has 0 aliphatic carbocycles. The average molecular weight is 789 g/mol. The highest BCUT2D eigenvalue weighted by atomic mass is 16.2. The molecule has 5 rings (SSSR count). The van der Waals surface area contributed by atoms with E-state index in [1.54, 1.807) is 0 Å². The number of H-pyrrole nitrogens is 2. The number of nitrogens with one attached hydrogen (secondary N) is 3. The highest BCUT2D eigenvalue weighted by Gasteiger charge is 2.33. The maximum atomic E-state index is 13.5. The summed E-state index contributed by atoms with van der Waals surface area (Å²) < 4.78 is 0. The van der Waals surface area contributed by atoms with Crippen LogP contribution in [-0.4, -0.2) is 108 Å². The van der Waals surface area contributed by atoms with E-state index in [-0.39, 0.29) is 23.7 Å². The highest BCUT2D eigenvalue weighted by molar-refractivity contribution is 5.94. The van der Waals surface area contributed by atoms with Gasteiger partial charge in [0.15, 0.2) is 0 Å². The SMILES string of the molecule is C=Cc1c(C)c2cc3[nH]c(cc4nc(cc5nc(cc1[nH]2)C(C)=C5CCC(=O)N(C)CCN(C)C)C(CCC(=O)NCCN(C)C)C4CCCCCC)c(C)c3C=C. The van der Waals surface area contributed by atoms with Gasteiger partial charge >= 0.3 is 0 Å². The minimum atomic E-state index is 0.0278. The van der Waals surface area contributed by atoms with Crippen molar-refractivity contribution in [1.82, 2.24) is 40.0 Å². The number of unbranched alkanes of at least 4 members (excludes halogenated alkanes) is 3. The van der Waals surface area contributed by atoms with Crippen LogP contribution in [0.2, 0.25) is 0 Å². The molecule has 0 saturated carbocycles. The number of rotatable bonds is 19. The first kappa shape index (κ1) is 44.3. The summed E-state index contributed by atoms with van der Waals surface area (Å²) in [4.78, 5) is 51.0. The lowest BCUT2D eigenvalue weighted by molar-refractivity contribution is -0.129. The summed E-state index contributed by atoms with van der Waals surface area (Å²) in [6, 6.07) is 8.67. The topological polar surface area (TPSA) is 113 Å². The van der Waals surface area contributed by atoms with E-state index in [2.05, 4.69) is 90.2 Å². The summed E-state index contributed by atoms with van der Waals surface area (Å²) in [6.45, 7) is 19.9. The van der Waals surface area contributed by atoms with E-state index >= 15 is 0 Å². The molecule has 3 aromatic heterocycles. The fourth-order valence-corrected chi connectivity index (χ4v) is 8.31. The van der Waals surface area contributed by atoms with Crippen molar-refractivity contribution >= 4 is 57.2 Å². The molecule has 0 aromatic carbocycles. The van der Waals surface area contributed by atoms with E-state index in [9.17, 15) is 9.59 Å². The van der Waals surface area contributed by atoms with Gasteiger partial charge in [-0.1, -0.05) is 57.9 Å². The van der Waals surface area contributed by atoms with Crippen LogP contribution in [0.4, 0.5) is 0 Å². The summed E-state index contributed by atoms with van der Waals surface area (Å²) in [5.41, 5.74) is 14.0. The number of nitrogens with zero attached hydrogens (tertiary/aromatic N) is 5. The molecule has 3 aromatic rings. The van der Waals surface area contributed by atoms with Gasteiger partial charge < -0.3 is 30.0 Å². The van der Waals surface area contributed by atoms with Crippen LogP contribution in [0.5, 0.6) is 0 Å². The summed E-state index contributed by atoms with van der Waals surface area (Å²) in [7, 11) is 9.96. The fraction of sp³-hybridized carbons (Fsp3) is 0.500. The second-order valence-electron chi connectivity index (χ2n) is 16.8. The maximum absolute atomic E-state index is 13.5. The number of hydrogen-bond donors (Lipinski definition) is 3. The lowest BCUT2D eigenvalue weighted by atomic mass is 9.82. The smallest absolute Gasteiger partial charge is 0.222 e. The molecule has 2 amide bonds. The summed E-state index contributed by atoms with van der Waals surface area (Å²) >= 11 is 0. The minimum absolute atomic E-state index is 0.0278. The monoisotopic (exact) mass is 789 g/mol. The molecule has 58 heavy (non-hydrogen) atoms. The zero-order valence-corrected chi connectivity index (χ0v) is 36.8. The molecule has 10 heteroatoms. The van der Waals surface area contributed by atoms with Gasteiger partial charge in [0.25, 0.3) is 0 Å². The molecular formula is C48H68N8O2. The molecule has 0 radical (unpaired) electrons. The quantitative estimate of drug-likeness (QED) is 0.105. The fourth-order valence-electron chi connectivity index (χ4n) is 8.31. The summed E-state index contributed by atoms with van der Waals surface area (Å²) in [6.07, 6.45) is 11.4. The van der Waals surface area contributed by atoms with Crippen LogP contribution in [0.15, 0.2) is 37.4 Å². The Labute approximate surface area is 346 Å². The van der Waals surface area contributed by atoms with Gasteiger partial charge in [-0.3, -0.25) is 14.6 Å². The third kappa shape index (κ3) is 10.6. The molecule has 2 aliphatic rings. The van der Waals surface area contributed by atoms with E-state index in [1.807, 2.05) is 52.3 Å². The van der Waals surface area contributed by atoms with Gasteiger partial charge in [-0.2, -0.15) is 0 Å². The molecule has 3 N–H and O–H groups in total. The number of aromatic amines is 2. The van der Waals surface area contributed by atoms with Crippen molar-refractivity contribution in [3.8, 4) is 0 Å². The largest absolute Gasteiger partial charge is 0.355 e. The number of allylic oxidation sites excluding steroid dienone is 2. The molecule has 312 valence electrons. The molecule has 2 atom stereocenters. The number of aromatic nitrogens is 4. The Morgan fingerprint density at radius 3 is 1.98 bits per heavy atom. The van der Waals surface area contributed by atoms with Crippen LogP contribution in [0, 0.1) is 13.8 Å². The lowest BCUT2D eigenvalue weighted by Crippen LogP contribution is -2.33. The standard InChI is InChI=1S/C48H68N8O2/c1-12-15-16-17-18-37-38(19-21-47(57)49-23-24-54(7)8)46-30-44-36(20-22-48(58)56(11)26-25-55(9)10)33(6)41(52-44)28-43-34(13-2)31(4)39(50-43)27-42-35(14-3)32(5)40(51-42)29-45(37)53-46/h13-14,27-30,37-38,50-51H,2-3,12,15-26H2,1,4-11H3,(H,49,57). The van der Waals surface area contributed by atoms with Gasteiger partial charge in [-0.15, -0.1) is 0 Å². The van der Waals surface area contributed by atoms with Crippen LogP contribution in [0.25, 0.3) is 45.4 Å². The van der Waals surface area contributed by atoms with Crippen molar-refractivity contribution in [2.45, 2.75) is 97.3 Å². The third-order valence-corrected chi connectivity index (χ3v) is 12.0. The van der Waals surface area contributed by atoms with Crippen molar-refractivity contribution in [3.05, 3.63) is 82.5 Å². The average Bonchev–Trinajstić information content (AvgIpc) is 3.86. The number of aryl methyl sites for hydroxylation is 2. The summed E-state index contributed by atoms with van der Waals surface area (Å²) in [5, 5.41) is 3.13. The Balaban J connectivity index is 1.73. The van der Waals surface area contributed by atoms with Crippen molar-refractivity contribution < 1.29 is 9.59 Å². The Morgan fingerprint density at radius 2 is 1.34 bits per heavy atom. The lowest BCUT2D eigenvalue weighted by Gasteiger charge is -2.21. The first-order valence-electron chi connectivity index (χ1n) is 21.3. The third-order valence-electron chi connectivity index (χ3n) is 12.0. The van der Waals surface area contributed by atoms with E-state index in [4.69, 9.17) is 9.97 Å². The predicted octanol–water partition coefficient (Wildman–Crippen LogP) is 9.24. The van der Waals surface area contributed by atoms with E-state index < -0.39 is 0 Å². The van der Waals surface area contributed by atoms with Gasteiger partial charge in [0.2, 0.25) is 11.8 Å². The molecule has 2 unspecified atom stereocenters. The second-order valence-corrected chi connectivity index (χ2v) is 16.8. The molecular weight excluding hydrogens is 721 g/mol. The molecule has 2 aliphatic heterocycles. The number of hydrogen-bond acceptors (Lipinski definition) is 6. The predicted molar refractivity (Wildman–Crippen MR) is 244 cm³/mol. The van der Waals surface area contributed by atoms with Gasteiger partial charge in [-0.05, 0) is 115 Å². The summed E-state index contributed by atoms with van der Waals surface area (Å²) in [5.74, 6) is 0.337. The van der Waals surface area contributed by atoms with Crippen LogP contribution in [0.1, 0.15) is 129 Å².